The SMILES string of the molecule is COc1cccc(COc2nc(CCl)co2)c1. The quantitative estimate of drug-likeness (QED) is 0.769. The van der Waals surface area contributed by atoms with Crippen molar-refractivity contribution in [2.24, 2.45) is 0 Å². The Balaban J connectivity index is 1.96. The summed E-state index contributed by atoms with van der Waals surface area (Å²) in [6.45, 7) is 0.374. The topological polar surface area (TPSA) is 44.5 Å². The third kappa shape index (κ3) is 3.14. The lowest BCUT2D eigenvalue weighted by Gasteiger charge is -2.04. The molecule has 0 unspecified atom stereocenters. The van der Waals surface area contributed by atoms with Crippen LogP contribution in [0.25, 0.3) is 0 Å². The molecule has 0 amide bonds. The number of oxazole rings is 1. The Labute approximate surface area is 104 Å². The average Bonchev–Trinajstić information content (AvgIpc) is 2.84. The summed E-state index contributed by atoms with van der Waals surface area (Å²) in [5.74, 6) is 1.10. The number of aromatic nitrogens is 1. The zero-order valence-corrected chi connectivity index (χ0v) is 10.1. The summed E-state index contributed by atoms with van der Waals surface area (Å²) in [7, 11) is 1.63. The number of rotatable bonds is 5. The standard InChI is InChI=1S/C12H12ClNO3/c1-15-11-4-2-3-9(5-11)7-16-12-14-10(6-13)8-17-12/h2-5,8H,6-7H2,1H3. The van der Waals surface area contributed by atoms with Crippen LogP contribution < -0.4 is 9.47 Å². The number of halogens is 1. The first-order chi connectivity index (χ1) is 8.31. The normalized spacial score (nSPS) is 10.2. The van der Waals surface area contributed by atoms with Crippen molar-refractivity contribution in [2.45, 2.75) is 12.5 Å². The lowest BCUT2D eigenvalue weighted by molar-refractivity contribution is 0.219. The van der Waals surface area contributed by atoms with Gasteiger partial charge in [-0.05, 0) is 17.7 Å². The molecular formula is C12H12ClNO3. The van der Waals surface area contributed by atoms with Crippen molar-refractivity contribution >= 4 is 11.6 Å². The molecule has 0 fully saturated rings. The van der Waals surface area contributed by atoms with Crippen LogP contribution in [0, 0.1) is 0 Å². The van der Waals surface area contributed by atoms with Gasteiger partial charge in [-0.25, -0.2) is 0 Å². The number of methoxy groups -OCH3 is 1. The first kappa shape index (κ1) is 11.8. The van der Waals surface area contributed by atoms with E-state index >= 15 is 0 Å². The zero-order chi connectivity index (χ0) is 12.1. The number of hydrogen-bond donors (Lipinski definition) is 0. The van der Waals surface area contributed by atoms with Crippen molar-refractivity contribution in [3.05, 3.63) is 41.8 Å². The molecule has 17 heavy (non-hydrogen) atoms. The van der Waals surface area contributed by atoms with Crippen LogP contribution in [-0.4, -0.2) is 12.1 Å². The summed E-state index contributed by atoms with van der Waals surface area (Å²) in [6.07, 6.45) is 1.71. The van der Waals surface area contributed by atoms with Gasteiger partial charge < -0.3 is 13.9 Å². The number of ether oxygens (including phenoxy) is 2. The Bertz CT molecular complexity index is 484. The van der Waals surface area contributed by atoms with Crippen molar-refractivity contribution in [3.8, 4) is 11.8 Å². The number of alkyl halides is 1. The number of benzene rings is 1. The number of nitrogens with zero attached hydrogens (tertiary/aromatic N) is 1. The van der Waals surface area contributed by atoms with Crippen molar-refractivity contribution in [1.29, 1.82) is 0 Å². The van der Waals surface area contributed by atoms with Gasteiger partial charge in [0.05, 0.1) is 18.7 Å². The first-order valence-corrected chi connectivity index (χ1v) is 5.61. The Morgan fingerprint density at radius 3 is 3.00 bits per heavy atom. The van der Waals surface area contributed by atoms with Crippen molar-refractivity contribution in [3.63, 3.8) is 0 Å². The molecule has 0 aliphatic rings. The maximum absolute atomic E-state index is 5.60. The van der Waals surface area contributed by atoms with Crippen LogP contribution in [0.2, 0.25) is 0 Å². The molecule has 1 aromatic heterocycles. The molecule has 0 N–H and O–H groups in total. The van der Waals surface area contributed by atoms with Crippen LogP contribution in [0.1, 0.15) is 11.3 Å². The van der Waals surface area contributed by atoms with E-state index < -0.39 is 0 Å². The average molecular weight is 254 g/mol. The minimum Gasteiger partial charge on any atom is -0.497 e. The van der Waals surface area contributed by atoms with Gasteiger partial charge in [-0.15, -0.1) is 11.6 Å². The maximum Gasteiger partial charge on any atom is 0.394 e. The van der Waals surface area contributed by atoms with Gasteiger partial charge in [0.1, 0.15) is 18.6 Å². The van der Waals surface area contributed by atoms with Gasteiger partial charge in [0, 0.05) is 0 Å². The van der Waals surface area contributed by atoms with Gasteiger partial charge in [-0.3, -0.25) is 0 Å². The highest BCUT2D eigenvalue weighted by Gasteiger charge is 2.04. The minimum atomic E-state index is 0.225. The van der Waals surface area contributed by atoms with Crippen molar-refractivity contribution < 1.29 is 13.9 Å². The van der Waals surface area contributed by atoms with E-state index in [1.807, 2.05) is 24.3 Å². The van der Waals surface area contributed by atoms with E-state index in [-0.39, 0.29) is 6.08 Å². The van der Waals surface area contributed by atoms with E-state index in [4.69, 9.17) is 25.5 Å². The van der Waals surface area contributed by atoms with E-state index in [9.17, 15) is 0 Å². The summed E-state index contributed by atoms with van der Waals surface area (Å²) in [4.78, 5) is 4.03. The molecule has 0 saturated carbocycles. The Hall–Kier alpha value is -1.68. The molecule has 2 rings (SSSR count). The van der Waals surface area contributed by atoms with Crippen LogP contribution in [-0.2, 0) is 12.5 Å². The summed E-state index contributed by atoms with van der Waals surface area (Å²) in [5, 5.41) is 0. The van der Waals surface area contributed by atoms with Crippen LogP contribution in [0.5, 0.6) is 11.8 Å². The van der Waals surface area contributed by atoms with E-state index in [1.54, 1.807) is 7.11 Å². The van der Waals surface area contributed by atoms with Gasteiger partial charge >= 0.3 is 6.08 Å². The molecule has 0 bridgehead atoms. The van der Waals surface area contributed by atoms with Gasteiger partial charge in [0.25, 0.3) is 0 Å². The second-order valence-electron chi connectivity index (χ2n) is 3.38. The van der Waals surface area contributed by atoms with Gasteiger partial charge in [-0.2, -0.15) is 4.98 Å². The second kappa shape index (κ2) is 5.59. The highest BCUT2D eigenvalue weighted by Crippen LogP contribution is 2.16. The van der Waals surface area contributed by atoms with E-state index in [1.165, 1.54) is 6.26 Å². The Morgan fingerprint density at radius 1 is 1.41 bits per heavy atom. The summed E-state index contributed by atoms with van der Waals surface area (Å²) < 4.78 is 15.6. The highest BCUT2D eigenvalue weighted by molar-refractivity contribution is 6.16. The van der Waals surface area contributed by atoms with Crippen LogP contribution in [0.15, 0.2) is 34.9 Å². The third-order valence-corrected chi connectivity index (χ3v) is 2.44. The van der Waals surface area contributed by atoms with E-state index in [0.29, 0.717) is 18.2 Å². The van der Waals surface area contributed by atoms with Crippen LogP contribution >= 0.6 is 11.6 Å². The van der Waals surface area contributed by atoms with Crippen molar-refractivity contribution in [1.82, 2.24) is 4.98 Å². The molecular weight excluding hydrogens is 242 g/mol. The Kier molecular flexibility index (Phi) is 3.88. The molecule has 0 aliphatic heterocycles. The fraction of sp³-hybridized carbons (Fsp3) is 0.250. The first-order valence-electron chi connectivity index (χ1n) is 5.08. The summed E-state index contributed by atoms with van der Waals surface area (Å²) in [6, 6.07) is 7.61. The second-order valence-corrected chi connectivity index (χ2v) is 3.65. The molecule has 0 spiro atoms. The number of hydrogen-bond acceptors (Lipinski definition) is 4. The zero-order valence-electron chi connectivity index (χ0n) is 9.35. The van der Waals surface area contributed by atoms with Crippen LogP contribution in [0.4, 0.5) is 0 Å². The molecule has 0 aliphatic carbocycles. The van der Waals surface area contributed by atoms with Crippen LogP contribution in [0.3, 0.4) is 0 Å². The van der Waals surface area contributed by atoms with E-state index in [0.717, 1.165) is 11.3 Å². The summed E-state index contributed by atoms with van der Waals surface area (Å²) in [5.41, 5.74) is 1.64. The highest BCUT2D eigenvalue weighted by atomic mass is 35.5. The lowest BCUT2D eigenvalue weighted by Crippen LogP contribution is -1.96. The maximum atomic E-state index is 5.60. The molecule has 4 nitrogen and oxygen atoms in total. The minimum absolute atomic E-state index is 0.225. The molecule has 2 aromatic rings. The predicted molar refractivity (Wildman–Crippen MR) is 63.4 cm³/mol. The molecule has 1 aromatic carbocycles. The van der Waals surface area contributed by atoms with E-state index in [2.05, 4.69) is 4.98 Å². The third-order valence-electron chi connectivity index (χ3n) is 2.16. The smallest absolute Gasteiger partial charge is 0.394 e. The molecule has 0 atom stereocenters. The Morgan fingerprint density at radius 2 is 2.29 bits per heavy atom. The van der Waals surface area contributed by atoms with Gasteiger partial charge in [0.15, 0.2) is 0 Å². The monoisotopic (exact) mass is 253 g/mol. The molecule has 0 saturated heterocycles. The predicted octanol–water partition coefficient (Wildman–Crippen LogP) is 3.00. The fourth-order valence-corrected chi connectivity index (χ4v) is 1.45. The van der Waals surface area contributed by atoms with Gasteiger partial charge in [-0.1, -0.05) is 12.1 Å². The molecule has 0 radical (unpaired) electrons. The lowest BCUT2D eigenvalue weighted by atomic mass is 10.2. The molecule has 1 heterocycles. The molecule has 5 heteroatoms. The van der Waals surface area contributed by atoms with Gasteiger partial charge in [0.2, 0.25) is 0 Å². The largest absolute Gasteiger partial charge is 0.497 e. The van der Waals surface area contributed by atoms with Crippen molar-refractivity contribution in [2.75, 3.05) is 7.11 Å². The molecule has 90 valence electrons. The fourth-order valence-electron chi connectivity index (χ4n) is 1.32. The summed E-state index contributed by atoms with van der Waals surface area (Å²) >= 11 is 5.60.